The van der Waals surface area contributed by atoms with Crippen molar-refractivity contribution in [2.45, 2.75) is 19.0 Å². The van der Waals surface area contributed by atoms with Gasteiger partial charge in [-0.3, -0.25) is 9.36 Å². The zero-order valence-corrected chi connectivity index (χ0v) is 6.28. The summed E-state index contributed by atoms with van der Waals surface area (Å²) in [6, 6.07) is 0. The maximum atomic E-state index is 10.3. The lowest BCUT2D eigenvalue weighted by Gasteiger charge is -2.10. The Morgan fingerprint density at radius 1 is 1.60 bits per heavy atom. The van der Waals surface area contributed by atoms with Crippen LogP contribution in [0.4, 0.5) is 0 Å². The molecular formula is C4H9O5P. The third kappa shape index (κ3) is 2.47. The fourth-order valence-corrected chi connectivity index (χ4v) is 1.32. The number of carboxylic acids is 1. The average molecular weight is 168 g/mol. The van der Waals surface area contributed by atoms with Gasteiger partial charge < -0.3 is 14.9 Å². The van der Waals surface area contributed by atoms with E-state index in [0.717, 1.165) is 0 Å². The molecule has 0 aromatic heterocycles. The topological polar surface area (TPSA) is 94.8 Å². The van der Waals surface area contributed by atoms with E-state index in [-0.39, 0.29) is 6.42 Å². The van der Waals surface area contributed by atoms with Crippen molar-refractivity contribution in [2.75, 3.05) is 0 Å². The zero-order valence-electron chi connectivity index (χ0n) is 5.39. The van der Waals surface area contributed by atoms with Gasteiger partial charge in [-0.2, -0.15) is 0 Å². The summed E-state index contributed by atoms with van der Waals surface area (Å²) >= 11 is 0. The summed E-state index contributed by atoms with van der Waals surface area (Å²) in [6.45, 7) is 1.41. The van der Waals surface area contributed by atoms with Crippen LogP contribution in [-0.2, 0) is 9.36 Å². The van der Waals surface area contributed by atoms with E-state index in [2.05, 4.69) is 0 Å². The minimum absolute atomic E-state index is 0.0559. The Kier molecular flexibility index (Phi) is 3.02. The molecule has 0 aliphatic rings. The highest BCUT2D eigenvalue weighted by Gasteiger charge is 2.33. The predicted octanol–water partition coefficient (Wildman–Crippen LogP) is 0.0273. The van der Waals surface area contributed by atoms with E-state index < -0.39 is 19.2 Å². The van der Waals surface area contributed by atoms with Crippen molar-refractivity contribution >= 4 is 13.6 Å². The molecule has 3 N–H and O–H groups in total. The number of aliphatic carboxylic acids is 1. The Hall–Kier alpha value is -0.380. The highest BCUT2D eigenvalue weighted by atomic mass is 31.2. The van der Waals surface area contributed by atoms with Crippen LogP contribution >= 0.6 is 7.60 Å². The summed E-state index contributed by atoms with van der Waals surface area (Å²) in [7, 11) is -4.43. The Morgan fingerprint density at radius 3 is 2.00 bits per heavy atom. The molecule has 0 aromatic carbocycles. The zero-order chi connectivity index (χ0) is 8.36. The van der Waals surface area contributed by atoms with Crippen molar-refractivity contribution in [1.29, 1.82) is 0 Å². The quantitative estimate of drug-likeness (QED) is 0.516. The molecule has 0 fully saturated rings. The van der Waals surface area contributed by atoms with Crippen LogP contribution in [-0.4, -0.2) is 26.5 Å². The van der Waals surface area contributed by atoms with Crippen LogP contribution in [0, 0.1) is 0 Å². The molecule has 1 atom stereocenters. The molecule has 60 valence electrons. The van der Waals surface area contributed by atoms with Gasteiger partial charge in [0.1, 0.15) is 0 Å². The van der Waals surface area contributed by atoms with Crippen LogP contribution in [0.2, 0.25) is 0 Å². The van der Waals surface area contributed by atoms with E-state index in [4.69, 9.17) is 14.9 Å². The fourth-order valence-electron chi connectivity index (χ4n) is 0.556. The molecule has 0 aliphatic carbocycles. The number of hydrogen-bond donors (Lipinski definition) is 3. The molecule has 0 radical (unpaired) electrons. The third-order valence-corrected chi connectivity index (χ3v) is 2.48. The lowest BCUT2D eigenvalue weighted by molar-refractivity contribution is -0.136. The number of hydrogen-bond acceptors (Lipinski definition) is 2. The van der Waals surface area contributed by atoms with Gasteiger partial charge in [0.2, 0.25) is 0 Å². The first kappa shape index (κ1) is 9.62. The van der Waals surface area contributed by atoms with Crippen LogP contribution < -0.4 is 0 Å². The van der Waals surface area contributed by atoms with Crippen LogP contribution in [0.5, 0.6) is 0 Å². The highest BCUT2D eigenvalue weighted by molar-refractivity contribution is 7.53. The molecule has 5 nitrogen and oxygen atoms in total. The van der Waals surface area contributed by atoms with E-state index in [0.29, 0.717) is 0 Å². The van der Waals surface area contributed by atoms with Gasteiger partial charge in [0.15, 0.2) is 5.66 Å². The van der Waals surface area contributed by atoms with Gasteiger partial charge in [-0.1, -0.05) is 6.92 Å². The van der Waals surface area contributed by atoms with Crippen LogP contribution in [0.3, 0.4) is 0 Å². The number of rotatable bonds is 3. The SMILES string of the molecule is CC[C@H](C(=O)O)P(=O)(O)O. The molecular weight excluding hydrogens is 159 g/mol. The van der Waals surface area contributed by atoms with Crippen molar-refractivity contribution in [2.24, 2.45) is 0 Å². The van der Waals surface area contributed by atoms with Gasteiger partial charge in [-0.25, -0.2) is 0 Å². The molecule has 0 amide bonds. The second kappa shape index (κ2) is 3.14. The second-order valence-electron chi connectivity index (χ2n) is 1.85. The summed E-state index contributed by atoms with van der Waals surface area (Å²) in [4.78, 5) is 26.8. The average Bonchev–Trinajstić information content (AvgIpc) is 1.60. The van der Waals surface area contributed by atoms with E-state index in [1.807, 2.05) is 0 Å². The van der Waals surface area contributed by atoms with Gasteiger partial charge in [0.25, 0.3) is 0 Å². The minimum Gasteiger partial charge on any atom is -0.481 e. The Balaban J connectivity index is 4.38. The molecule has 0 spiro atoms. The molecule has 10 heavy (non-hydrogen) atoms. The fraction of sp³-hybridized carbons (Fsp3) is 0.750. The minimum atomic E-state index is -4.43. The lowest BCUT2D eigenvalue weighted by atomic mass is 10.3. The van der Waals surface area contributed by atoms with E-state index >= 15 is 0 Å². The van der Waals surface area contributed by atoms with Crippen LogP contribution in [0.15, 0.2) is 0 Å². The summed E-state index contributed by atoms with van der Waals surface area (Å²) < 4.78 is 10.3. The maximum absolute atomic E-state index is 10.3. The van der Waals surface area contributed by atoms with Crippen molar-refractivity contribution in [3.05, 3.63) is 0 Å². The van der Waals surface area contributed by atoms with Gasteiger partial charge in [0.05, 0.1) is 0 Å². The van der Waals surface area contributed by atoms with Crippen molar-refractivity contribution in [3.63, 3.8) is 0 Å². The van der Waals surface area contributed by atoms with Crippen molar-refractivity contribution in [1.82, 2.24) is 0 Å². The number of carboxylic acid groups (broad SMARTS) is 1. The molecule has 0 saturated carbocycles. The van der Waals surface area contributed by atoms with E-state index in [1.54, 1.807) is 0 Å². The monoisotopic (exact) mass is 168 g/mol. The van der Waals surface area contributed by atoms with Crippen LogP contribution in [0.1, 0.15) is 13.3 Å². The maximum Gasteiger partial charge on any atom is 0.339 e. The van der Waals surface area contributed by atoms with Crippen LogP contribution in [0.25, 0.3) is 0 Å². The predicted molar refractivity (Wildman–Crippen MR) is 33.8 cm³/mol. The van der Waals surface area contributed by atoms with Gasteiger partial charge in [-0.15, -0.1) is 0 Å². The molecule has 0 aliphatic heterocycles. The summed E-state index contributed by atoms with van der Waals surface area (Å²) in [5.41, 5.74) is -1.55. The largest absolute Gasteiger partial charge is 0.481 e. The second-order valence-corrected chi connectivity index (χ2v) is 3.65. The van der Waals surface area contributed by atoms with Crippen molar-refractivity contribution in [3.8, 4) is 0 Å². The highest BCUT2D eigenvalue weighted by Crippen LogP contribution is 2.42. The first-order valence-electron chi connectivity index (χ1n) is 2.67. The van der Waals surface area contributed by atoms with Crippen molar-refractivity contribution < 1.29 is 24.3 Å². The normalized spacial score (nSPS) is 14.7. The first-order valence-corrected chi connectivity index (χ1v) is 4.35. The third-order valence-electron chi connectivity index (χ3n) is 1.08. The molecule has 0 rings (SSSR count). The Bertz CT molecular complexity index is 170. The summed E-state index contributed by atoms with van der Waals surface area (Å²) in [5, 5.41) is 8.22. The summed E-state index contributed by atoms with van der Waals surface area (Å²) in [6.07, 6.45) is -0.0559. The van der Waals surface area contributed by atoms with Gasteiger partial charge in [0, 0.05) is 0 Å². The molecule has 0 bridgehead atoms. The first-order chi connectivity index (χ1) is 4.39. The molecule has 0 heterocycles. The number of carbonyl (C=O) groups is 1. The Morgan fingerprint density at radius 2 is 2.00 bits per heavy atom. The molecule has 6 heteroatoms. The van der Waals surface area contributed by atoms with E-state index in [1.165, 1.54) is 6.92 Å². The van der Waals surface area contributed by atoms with E-state index in [9.17, 15) is 9.36 Å². The van der Waals surface area contributed by atoms with Gasteiger partial charge >= 0.3 is 13.6 Å². The molecule has 0 aromatic rings. The summed E-state index contributed by atoms with van der Waals surface area (Å²) in [5.74, 6) is -1.45. The molecule has 0 saturated heterocycles. The molecule has 0 unspecified atom stereocenters. The standard InChI is InChI=1S/C4H9O5P/c1-2-3(4(5)6)10(7,8)9/h3H,2H2,1H3,(H,5,6)(H2,7,8,9)/t3-/m1/s1. The smallest absolute Gasteiger partial charge is 0.339 e. The Labute approximate surface area is 57.8 Å². The van der Waals surface area contributed by atoms with Gasteiger partial charge in [-0.05, 0) is 6.42 Å². The lowest BCUT2D eigenvalue weighted by Crippen LogP contribution is -2.18.